The average Bonchev–Trinajstić information content (AvgIpc) is 3.23. The lowest BCUT2D eigenvalue weighted by Gasteiger charge is -2.29. The zero-order valence-electron chi connectivity index (χ0n) is 12.0. The maximum absolute atomic E-state index is 9.18. The summed E-state index contributed by atoms with van der Waals surface area (Å²) >= 11 is 0. The van der Waals surface area contributed by atoms with E-state index in [0.717, 1.165) is 23.9 Å². The largest absolute Gasteiger partial charge is 0.396 e. The van der Waals surface area contributed by atoms with E-state index < -0.39 is 0 Å². The third kappa shape index (κ3) is 3.56. The maximum Gasteiger partial charge on any atom is 0.136 e. The molecule has 1 unspecified atom stereocenters. The van der Waals surface area contributed by atoms with E-state index in [9.17, 15) is 5.11 Å². The van der Waals surface area contributed by atoms with Crippen molar-refractivity contribution >= 4 is 11.6 Å². The summed E-state index contributed by atoms with van der Waals surface area (Å²) in [6.07, 6.45) is 4.02. The molecule has 106 valence electrons. The summed E-state index contributed by atoms with van der Waals surface area (Å²) in [6, 6.07) is 1.93. The van der Waals surface area contributed by atoms with Crippen LogP contribution in [-0.2, 0) is 0 Å². The molecule has 1 aromatic heterocycles. The Bertz CT molecular complexity index is 433. The van der Waals surface area contributed by atoms with Crippen molar-refractivity contribution in [2.75, 3.05) is 24.3 Å². The zero-order valence-corrected chi connectivity index (χ0v) is 12.0. The molecule has 0 aromatic carbocycles. The predicted octanol–water partition coefficient (Wildman–Crippen LogP) is 2.36. The third-order valence-electron chi connectivity index (χ3n) is 3.82. The smallest absolute Gasteiger partial charge is 0.136 e. The van der Waals surface area contributed by atoms with E-state index in [1.807, 2.05) is 13.1 Å². The average molecular weight is 264 g/mol. The Morgan fingerprint density at radius 1 is 1.37 bits per heavy atom. The molecule has 0 radical (unpaired) electrons. The maximum atomic E-state index is 9.18. The molecule has 1 aliphatic rings. The number of anilines is 2. The van der Waals surface area contributed by atoms with Crippen molar-refractivity contribution in [1.29, 1.82) is 0 Å². The minimum Gasteiger partial charge on any atom is -0.396 e. The van der Waals surface area contributed by atoms with Crippen LogP contribution in [0.4, 0.5) is 11.6 Å². The molecular formula is C14H24N4O. The van der Waals surface area contributed by atoms with E-state index in [4.69, 9.17) is 0 Å². The number of hydrogen-bond acceptors (Lipinski definition) is 5. The molecule has 3 N–H and O–H groups in total. The number of nitrogens with one attached hydrogen (secondary N) is 2. The normalized spacial score (nSPS) is 17.9. The standard InChI is InChI=1S/C14H24N4O/c1-4-14(2,7-8-19)18-12-9-11(15-3)16-13(17-12)10-5-6-10/h9-10,19H,4-8H2,1-3H3,(H2,15,16,17,18). The second kappa shape index (κ2) is 5.74. The Balaban J connectivity index is 2.20. The topological polar surface area (TPSA) is 70.1 Å². The van der Waals surface area contributed by atoms with Gasteiger partial charge in [-0.05, 0) is 32.6 Å². The SMILES string of the molecule is CCC(C)(CCO)Nc1cc(NC)nc(C2CC2)n1. The van der Waals surface area contributed by atoms with Gasteiger partial charge in [0.15, 0.2) is 0 Å². The van der Waals surface area contributed by atoms with Gasteiger partial charge in [-0.25, -0.2) is 9.97 Å². The van der Waals surface area contributed by atoms with Gasteiger partial charge in [0, 0.05) is 31.2 Å². The Morgan fingerprint density at radius 2 is 2.05 bits per heavy atom. The highest BCUT2D eigenvalue weighted by atomic mass is 16.3. The molecule has 2 rings (SSSR count). The van der Waals surface area contributed by atoms with Crippen molar-refractivity contribution in [3.05, 3.63) is 11.9 Å². The van der Waals surface area contributed by atoms with Crippen LogP contribution in [0.25, 0.3) is 0 Å². The summed E-state index contributed by atoms with van der Waals surface area (Å²) < 4.78 is 0. The van der Waals surface area contributed by atoms with Crippen molar-refractivity contribution in [3.8, 4) is 0 Å². The van der Waals surface area contributed by atoms with Crippen LogP contribution < -0.4 is 10.6 Å². The first kappa shape index (κ1) is 14.1. The lowest BCUT2D eigenvalue weighted by atomic mass is 9.95. The molecule has 1 aromatic rings. The summed E-state index contributed by atoms with van der Waals surface area (Å²) in [4.78, 5) is 9.12. The van der Waals surface area contributed by atoms with E-state index >= 15 is 0 Å². The molecule has 0 aliphatic heterocycles. The number of nitrogens with zero attached hydrogens (tertiary/aromatic N) is 2. The van der Waals surface area contributed by atoms with E-state index in [-0.39, 0.29) is 12.1 Å². The van der Waals surface area contributed by atoms with E-state index in [2.05, 4.69) is 34.4 Å². The van der Waals surface area contributed by atoms with Gasteiger partial charge in [0.05, 0.1) is 0 Å². The van der Waals surface area contributed by atoms with Gasteiger partial charge >= 0.3 is 0 Å². The molecule has 1 saturated carbocycles. The zero-order chi connectivity index (χ0) is 13.9. The summed E-state index contributed by atoms with van der Waals surface area (Å²) in [5, 5.41) is 15.7. The minimum atomic E-state index is -0.130. The Kier molecular flexibility index (Phi) is 4.24. The van der Waals surface area contributed by atoms with Gasteiger partial charge in [-0.3, -0.25) is 0 Å². The number of aliphatic hydroxyl groups is 1. The first-order chi connectivity index (χ1) is 9.10. The van der Waals surface area contributed by atoms with Crippen LogP contribution in [0.3, 0.4) is 0 Å². The quantitative estimate of drug-likeness (QED) is 0.705. The predicted molar refractivity (Wildman–Crippen MR) is 77.6 cm³/mol. The summed E-state index contributed by atoms with van der Waals surface area (Å²) in [5.41, 5.74) is -0.130. The molecule has 19 heavy (non-hydrogen) atoms. The Morgan fingerprint density at radius 3 is 2.58 bits per heavy atom. The van der Waals surface area contributed by atoms with Gasteiger partial charge in [-0.1, -0.05) is 6.92 Å². The fraction of sp³-hybridized carbons (Fsp3) is 0.714. The van der Waals surface area contributed by atoms with Crippen LogP contribution in [0.15, 0.2) is 6.07 Å². The highest BCUT2D eigenvalue weighted by Crippen LogP contribution is 2.39. The van der Waals surface area contributed by atoms with Crippen LogP contribution in [-0.4, -0.2) is 34.3 Å². The lowest BCUT2D eigenvalue weighted by molar-refractivity contribution is 0.252. The molecule has 1 aliphatic carbocycles. The number of aromatic nitrogens is 2. The fourth-order valence-corrected chi connectivity index (χ4v) is 2.07. The van der Waals surface area contributed by atoms with Crippen LogP contribution in [0.2, 0.25) is 0 Å². The molecule has 0 saturated heterocycles. The first-order valence-corrected chi connectivity index (χ1v) is 7.06. The molecule has 1 atom stereocenters. The Labute approximate surface area is 114 Å². The monoisotopic (exact) mass is 264 g/mol. The van der Waals surface area contributed by atoms with Gasteiger partial charge in [0.2, 0.25) is 0 Å². The van der Waals surface area contributed by atoms with E-state index in [1.54, 1.807) is 0 Å². The van der Waals surface area contributed by atoms with Crippen LogP contribution in [0.1, 0.15) is 51.3 Å². The minimum absolute atomic E-state index is 0.130. The number of rotatable bonds is 7. The van der Waals surface area contributed by atoms with Gasteiger partial charge < -0.3 is 15.7 Å². The molecular weight excluding hydrogens is 240 g/mol. The second-order valence-corrected chi connectivity index (χ2v) is 5.53. The molecule has 0 spiro atoms. The van der Waals surface area contributed by atoms with Crippen LogP contribution >= 0.6 is 0 Å². The second-order valence-electron chi connectivity index (χ2n) is 5.53. The van der Waals surface area contributed by atoms with Crippen molar-refractivity contribution in [2.45, 2.75) is 51.0 Å². The van der Waals surface area contributed by atoms with Crippen molar-refractivity contribution in [2.24, 2.45) is 0 Å². The van der Waals surface area contributed by atoms with Crippen molar-refractivity contribution < 1.29 is 5.11 Å². The summed E-state index contributed by atoms with van der Waals surface area (Å²) in [5.74, 6) is 3.15. The van der Waals surface area contributed by atoms with E-state index in [1.165, 1.54) is 12.8 Å². The molecule has 0 bridgehead atoms. The third-order valence-corrected chi connectivity index (χ3v) is 3.82. The highest BCUT2D eigenvalue weighted by molar-refractivity contribution is 5.49. The molecule has 1 fully saturated rings. The fourth-order valence-electron chi connectivity index (χ4n) is 2.07. The van der Waals surface area contributed by atoms with Crippen molar-refractivity contribution in [1.82, 2.24) is 9.97 Å². The lowest BCUT2D eigenvalue weighted by Crippen LogP contribution is -2.35. The van der Waals surface area contributed by atoms with Crippen LogP contribution in [0, 0.1) is 0 Å². The molecule has 0 amide bonds. The highest BCUT2D eigenvalue weighted by Gasteiger charge is 2.28. The molecule has 5 nitrogen and oxygen atoms in total. The van der Waals surface area contributed by atoms with Gasteiger partial charge in [0.1, 0.15) is 17.5 Å². The van der Waals surface area contributed by atoms with Gasteiger partial charge in [-0.15, -0.1) is 0 Å². The van der Waals surface area contributed by atoms with E-state index in [0.29, 0.717) is 12.3 Å². The Hall–Kier alpha value is -1.36. The number of aliphatic hydroxyl groups excluding tert-OH is 1. The van der Waals surface area contributed by atoms with Gasteiger partial charge in [0.25, 0.3) is 0 Å². The molecule has 5 heteroatoms. The van der Waals surface area contributed by atoms with Crippen LogP contribution in [0.5, 0.6) is 0 Å². The summed E-state index contributed by atoms with van der Waals surface area (Å²) in [7, 11) is 1.87. The number of hydrogen-bond donors (Lipinski definition) is 3. The molecule has 1 heterocycles. The first-order valence-electron chi connectivity index (χ1n) is 7.06. The van der Waals surface area contributed by atoms with Gasteiger partial charge in [-0.2, -0.15) is 0 Å². The van der Waals surface area contributed by atoms with Crippen molar-refractivity contribution in [3.63, 3.8) is 0 Å². The summed E-state index contributed by atoms with van der Waals surface area (Å²) in [6.45, 7) is 4.41.